The third kappa shape index (κ3) is 2.70. The zero-order valence-electron chi connectivity index (χ0n) is 10.9. The van der Waals surface area contributed by atoms with E-state index >= 15 is 0 Å². The Bertz CT molecular complexity index is 477. The number of hydrogen-bond donors (Lipinski definition) is 0. The van der Waals surface area contributed by atoms with Gasteiger partial charge in [0.05, 0.1) is 6.42 Å². The first kappa shape index (κ1) is 22.0. The molecule has 1 aliphatic rings. The molecule has 0 aromatic rings. The van der Waals surface area contributed by atoms with E-state index in [0.717, 1.165) is 0 Å². The average molecular weight is 412 g/mol. The van der Waals surface area contributed by atoms with Gasteiger partial charge in [-0.3, -0.25) is 0 Å². The fourth-order valence-corrected chi connectivity index (χ4v) is 1.94. The average Bonchev–Trinajstić information content (AvgIpc) is 2.39. The summed E-state index contributed by atoms with van der Waals surface area (Å²) in [6.07, 6.45) is -30.8. The van der Waals surface area contributed by atoms with E-state index in [1.54, 1.807) is 0 Å². The van der Waals surface area contributed by atoms with Gasteiger partial charge in [-0.05, 0) is 0 Å². The molecule has 1 aliphatic carbocycles. The molecule has 0 heterocycles. The number of hydrogen-bond acceptors (Lipinski definition) is 1. The maximum Gasteiger partial charge on any atom is 0.435 e. The Balaban J connectivity index is 3.72. The molecule has 0 amide bonds. The molecule has 0 spiro atoms. The van der Waals surface area contributed by atoms with Crippen molar-refractivity contribution in [2.45, 2.75) is 54.4 Å². The van der Waals surface area contributed by atoms with Crippen molar-refractivity contribution in [3.8, 4) is 0 Å². The van der Waals surface area contributed by atoms with Gasteiger partial charge in [-0.2, -0.15) is 57.1 Å². The van der Waals surface area contributed by atoms with Gasteiger partial charge < -0.3 is 4.74 Å². The van der Waals surface area contributed by atoms with Crippen LogP contribution >= 0.6 is 0 Å². The molecule has 1 fully saturated rings. The van der Waals surface area contributed by atoms with Gasteiger partial charge in [0, 0.05) is 0 Å². The molecule has 2 unspecified atom stereocenters. The van der Waals surface area contributed by atoms with Crippen molar-refractivity contribution >= 4 is 0 Å². The van der Waals surface area contributed by atoms with Crippen LogP contribution < -0.4 is 0 Å². The maximum absolute atomic E-state index is 13.7. The predicted molar refractivity (Wildman–Crippen MR) is 45.2 cm³/mol. The second-order valence-corrected chi connectivity index (χ2v) is 4.87. The lowest BCUT2D eigenvalue weighted by atomic mass is 9.99. The molecule has 0 radical (unpaired) electrons. The lowest BCUT2D eigenvalue weighted by Gasteiger charge is -2.43. The first-order valence-corrected chi connectivity index (χ1v) is 5.57. The van der Waals surface area contributed by atoms with E-state index in [2.05, 4.69) is 0 Å². The molecule has 16 heteroatoms. The van der Waals surface area contributed by atoms with E-state index in [1.165, 1.54) is 0 Å². The van der Waals surface area contributed by atoms with Crippen LogP contribution in [0.4, 0.5) is 65.9 Å². The molecule has 0 aliphatic heterocycles. The molecule has 1 nitrogen and oxygen atoms in total. The fourth-order valence-electron chi connectivity index (χ4n) is 1.94. The van der Waals surface area contributed by atoms with Gasteiger partial charge >= 0.3 is 41.8 Å². The molecule has 0 bridgehead atoms. The summed E-state index contributed by atoms with van der Waals surface area (Å²) in [4.78, 5) is 0. The molecule has 0 saturated heterocycles. The Kier molecular flexibility index (Phi) is 4.58. The molecular weight excluding hydrogens is 409 g/mol. The van der Waals surface area contributed by atoms with Crippen molar-refractivity contribution in [2.75, 3.05) is 0 Å². The zero-order chi connectivity index (χ0) is 20.5. The SMILES string of the molecule is FC1CC(F)(F)C(F)(F)C1(F)OC(C(F)(F)F)(C(F)(F)F)C(F)(F)F. The van der Waals surface area contributed by atoms with Crippen LogP contribution in [0.3, 0.4) is 0 Å². The number of alkyl halides is 15. The number of ether oxygens (including phenoxy) is 1. The molecule has 0 N–H and O–H groups in total. The molecule has 0 aromatic heterocycles. The number of rotatable bonds is 2. The normalized spacial score (nSPS) is 30.6. The monoisotopic (exact) mass is 412 g/mol. The summed E-state index contributed by atoms with van der Waals surface area (Å²) in [7, 11) is 0. The highest BCUT2D eigenvalue weighted by Crippen LogP contribution is 2.63. The Morgan fingerprint density at radius 3 is 1.20 bits per heavy atom. The third-order valence-corrected chi connectivity index (χ3v) is 3.23. The van der Waals surface area contributed by atoms with Gasteiger partial charge in [0.25, 0.3) is 0 Å². The van der Waals surface area contributed by atoms with Crippen molar-refractivity contribution in [3.63, 3.8) is 0 Å². The number of halogens is 15. The van der Waals surface area contributed by atoms with Crippen LogP contribution in [0, 0.1) is 0 Å². The second-order valence-electron chi connectivity index (χ2n) is 4.87. The predicted octanol–water partition coefficient (Wildman–Crippen LogP) is 5.11. The summed E-state index contributed by atoms with van der Waals surface area (Å²) in [6.45, 7) is 0. The summed E-state index contributed by atoms with van der Waals surface area (Å²) >= 11 is 0. The van der Waals surface area contributed by atoms with E-state index in [0.29, 0.717) is 0 Å². The highest BCUT2D eigenvalue weighted by atomic mass is 19.4. The van der Waals surface area contributed by atoms with Crippen molar-refractivity contribution < 1.29 is 70.6 Å². The molecule has 1 saturated carbocycles. The van der Waals surface area contributed by atoms with Crippen LogP contribution in [0.5, 0.6) is 0 Å². The minimum absolute atomic E-state index is 1.90. The van der Waals surface area contributed by atoms with E-state index in [9.17, 15) is 65.9 Å². The van der Waals surface area contributed by atoms with Crippen LogP contribution in [0.25, 0.3) is 0 Å². The molecule has 25 heavy (non-hydrogen) atoms. The van der Waals surface area contributed by atoms with Gasteiger partial charge in [-0.15, -0.1) is 0 Å². The largest absolute Gasteiger partial charge is 0.435 e. The minimum atomic E-state index is -7.71. The van der Waals surface area contributed by atoms with Gasteiger partial charge in [-0.1, -0.05) is 0 Å². The van der Waals surface area contributed by atoms with Crippen LogP contribution in [0.2, 0.25) is 0 Å². The van der Waals surface area contributed by atoms with E-state index < -0.39 is 54.4 Å². The topological polar surface area (TPSA) is 9.23 Å². The van der Waals surface area contributed by atoms with E-state index in [1.807, 2.05) is 4.74 Å². The van der Waals surface area contributed by atoms with Crippen molar-refractivity contribution in [2.24, 2.45) is 0 Å². The summed E-state index contributed by atoms with van der Waals surface area (Å²) in [5.74, 6) is -19.3. The van der Waals surface area contributed by atoms with Crippen LogP contribution in [-0.4, -0.2) is 48.0 Å². The Hall–Kier alpha value is -1.09. The van der Waals surface area contributed by atoms with Crippen LogP contribution in [-0.2, 0) is 4.74 Å². The van der Waals surface area contributed by atoms with Crippen LogP contribution in [0.15, 0.2) is 0 Å². The van der Waals surface area contributed by atoms with Crippen molar-refractivity contribution in [1.29, 1.82) is 0 Å². The highest BCUT2D eigenvalue weighted by Gasteiger charge is 2.92. The standard InChI is InChI=1S/C9H3F15O/c10-2-1-3(11,12)6(14,15)4(2,13)25-5(7(16,17)18,8(19,20)21)9(22,23)24/h2H,1H2. The van der Waals surface area contributed by atoms with Gasteiger partial charge in [0.2, 0.25) is 0 Å². The molecular formula is C9H3F15O. The highest BCUT2D eigenvalue weighted by molar-refractivity contribution is 5.14. The smallest absolute Gasteiger partial charge is 0.306 e. The Morgan fingerprint density at radius 2 is 1.00 bits per heavy atom. The Labute approximate surface area is 126 Å². The molecule has 0 aromatic carbocycles. The maximum atomic E-state index is 13.7. The molecule has 150 valence electrons. The lowest BCUT2D eigenvalue weighted by molar-refractivity contribution is -0.502. The van der Waals surface area contributed by atoms with Crippen molar-refractivity contribution in [3.05, 3.63) is 0 Å². The van der Waals surface area contributed by atoms with Gasteiger partial charge in [0.15, 0.2) is 6.17 Å². The summed E-state index contributed by atoms with van der Waals surface area (Å²) in [5.41, 5.74) is -7.68. The van der Waals surface area contributed by atoms with Crippen LogP contribution in [0.1, 0.15) is 6.42 Å². The second kappa shape index (κ2) is 5.22. The summed E-state index contributed by atoms with van der Waals surface area (Å²) < 4.78 is 193. The lowest BCUT2D eigenvalue weighted by Crippen LogP contribution is -2.72. The van der Waals surface area contributed by atoms with Gasteiger partial charge in [-0.25, -0.2) is 8.78 Å². The van der Waals surface area contributed by atoms with Crippen molar-refractivity contribution in [1.82, 2.24) is 0 Å². The van der Waals surface area contributed by atoms with Gasteiger partial charge in [0.1, 0.15) is 0 Å². The third-order valence-electron chi connectivity index (χ3n) is 3.23. The quantitative estimate of drug-likeness (QED) is 0.574. The molecule has 2 atom stereocenters. The fraction of sp³-hybridized carbons (Fsp3) is 1.00. The summed E-state index contributed by atoms with van der Waals surface area (Å²) in [5, 5.41) is 0. The van der Waals surface area contributed by atoms with E-state index in [4.69, 9.17) is 0 Å². The molecule has 1 rings (SSSR count). The summed E-state index contributed by atoms with van der Waals surface area (Å²) in [6, 6.07) is 0. The zero-order valence-corrected chi connectivity index (χ0v) is 10.9. The first-order chi connectivity index (χ1) is 10.6. The Morgan fingerprint density at radius 1 is 0.680 bits per heavy atom. The van der Waals surface area contributed by atoms with E-state index in [-0.39, 0.29) is 0 Å². The first-order valence-electron chi connectivity index (χ1n) is 5.57. The minimum Gasteiger partial charge on any atom is -0.306 e.